The normalized spacial score (nSPS) is 11.7. The van der Waals surface area contributed by atoms with Crippen LogP contribution in [-0.4, -0.2) is 25.3 Å². The minimum Gasteiger partial charge on any atom is -0.497 e. The summed E-state index contributed by atoms with van der Waals surface area (Å²) in [6, 6.07) is 24.9. The minimum atomic E-state index is -0.858. The SMILES string of the molecule is COc1ccc(-c2ccc3cc(OC)ccc3c2Oc2ccc(C(C)C(=O)O)cc2)cc1. The van der Waals surface area contributed by atoms with E-state index in [1.807, 2.05) is 54.6 Å². The zero-order valence-corrected chi connectivity index (χ0v) is 18.2. The van der Waals surface area contributed by atoms with Crippen LogP contribution in [0.25, 0.3) is 21.9 Å². The lowest BCUT2D eigenvalue weighted by Crippen LogP contribution is -2.06. The smallest absolute Gasteiger partial charge is 0.310 e. The number of ether oxygens (including phenoxy) is 3. The van der Waals surface area contributed by atoms with Gasteiger partial charge in [-0.1, -0.05) is 30.3 Å². The van der Waals surface area contributed by atoms with Gasteiger partial charge in [-0.3, -0.25) is 4.79 Å². The van der Waals surface area contributed by atoms with Crippen molar-refractivity contribution >= 4 is 16.7 Å². The van der Waals surface area contributed by atoms with Gasteiger partial charge < -0.3 is 19.3 Å². The lowest BCUT2D eigenvalue weighted by Gasteiger charge is -2.16. The van der Waals surface area contributed by atoms with Crippen LogP contribution in [0.1, 0.15) is 18.4 Å². The predicted octanol–water partition coefficient (Wildman–Crippen LogP) is 6.50. The number of methoxy groups -OCH3 is 2. The van der Waals surface area contributed by atoms with E-state index in [2.05, 4.69) is 0 Å². The van der Waals surface area contributed by atoms with E-state index in [1.165, 1.54) is 0 Å². The second-order valence-corrected chi connectivity index (χ2v) is 7.49. The monoisotopic (exact) mass is 428 g/mol. The van der Waals surface area contributed by atoms with E-state index in [9.17, 15) is 9.90 Å². The van der Waals surface area contributed by atoms with Crippen molar-refractivity contribution < 1.29 is 24.1 Å². The molecule has 1 N–H and O–H groups in total. The van der Waals surface area contributed by atoms with E-state index in [0.29, 0.717) is 11.5 Å². The molecule has 5 nitrogen and oxygen atoms in total. The third-order valence-electron chi connectivity index (χ3n) is 5.55. The van der Waals surface area contributed by atoms with Gasteiger partial charge in [-0.05, 0) is 72.0 Å². The summed E-state index contributed by atoms with van der Waals surface area (Å²) in [5.74, 6) is 1.46. The van der Waals surface area contributed by atoms with E-state index in [-0.39, 0.29) is 0 Å². The first kappa shape index (κ1) is 21.2. The summed E-state index contributed by atoms with van der Waals surface area (Å²) in [6.45, 7) is 1.66. The fraction of sp³-hybridized carbons (Fsp3) is 0.148. The number of fused-ring (bicyclic) bond motifs is 1. The van der Waals surface area contributed by atoms with Gasteiger partial charge in [0, 0.05) is 10.9 Å². The largest absolute Gasteiger partial charge is 0.497 e. The number of hydrogen-bond acceptors (Lipinski definition) is 4. The highest BCUT2D eigenvalue weighted by atomic mass is 16.5. The molecule has 1 atom stereocenters. The molecular weight excluding hydrogens is 404 g/mol. The number of rotatable bonds is 7. The van der Waals surface area contributed by atoms with Crippen LogP contribution in [0.4, 0.5) is 0 Å². The fourth-order valence-corrected chi connectivity index (χ4v) is 3.60. The number of aliphatic carboxylic acids is 1. The highest BCUT2D eigenvalue weighted by molar-refractivity contribution is 5.96. The van der Waals surface area contributed by atoms with Gasteiger partial charge in [-0.15, -0.1) is 0 Å². The van der Waals surface area contributed by atoms with Gasteiger partial charge in [-0.25, -0.2) is 0 Å². The van der Waals surface area contributed by atoms with Gasteiger partial charge in [0.2, 0.25) is 0 Å². The third kappa shape index (κ3) is 4.23. The standard InChI is InChI=1S/C27H24O5/c1-17(27(28)29)18-4-11-22(12-5-18)32-26-24(19-6-9-21(30-2)10-7-19)14-8-20-16-23(31-3)13-15-25(20)26/h4-17H,1-3H3,(H,28,29). The molecule has 0 spiro atoms. The van der Waals surface area contributed by atoms with Crippen LogP contribution in [0.15, 0.2) is 78.9 Å². The molecule has 0 radical (unpaired) electrons. The highest BCUT2D eigenvalue weighted by Crippen LogP contribution is 2.41. The van der Waals surface area contributed by atoms with Gasteiger partial charge >= 0.3 is 5.97 Å². The van der Waals surface area contributed by atoms with E-state index in [1.54, 1.807) is 45.4 Å². The van der Waals surface area contributed by atoms with Gasteiger partial charge in [0.15, 0.2) is 0 Å². The van der Waals surface area contributed by atoms with Crippen LogP contribution in [0.5, 0.6) is 23.0 Å². The second kappa shape index (κ2) is 9.02. The molecule has 0 saturated carbocycles. The van der Waals surface area contributed by atoms with Crippen LogP contribution >= 0.6 is 0 Å². The zero-order chi connectivity index (χ0) is 22.7. The summed E-state index contributed by atoms with van der Waals surface area (Å²) in [6.07, 6.45) is 0. The van der Waals surface area contributed by atoms with Crippen LogP contribution in [0, 0.1) is 0 Å². The molecule has 162 valence electrons. The summed E-state index contributed by atoms with van der Waals surface area (Å²) in [5.41, 5.74) is 2.66. The maximum Gasteiger partial charge on any atom is 0.310 e. The maximum absolute atomic E-state index is 11.3. The van der Waals surface area contributed by atoms with E-state index in [0.717, 1.165) is 39.0 Å². The Balaban J connectivity index is 1.80. The average molecular weight is 428 g/mol. The van der Waals surface area contributed by atoms with Crippen molar-refractivity contribution in [3.05, 3.63) is 84.4 Å². The highest BCUT2D eigenvalue weighted by Gasteiger charge is 2.16. The van der Waals surface area contributed by atoms with Crippen LogP contribution < -0.4 is 14.2 Å². The molecule has 1 unspecified atom stereocenters. The molecule has 0 heterocycles. The first-order chi connectivity index (χ1) is 15.5. The quantitative estimate of drug-likeness (QED) is 0.364. The Morgan fingerprint density at radius 1 is 0.781 bits per heavy atom. The zero-order valence-electron chi connectivity index (χ0n) is 18.2. The van der Waals surface area contributed by atoms with Crippen LogP contribution in [0.2, 0.25) is 0 Å². The van der Waals surface area contributed by atoms with Crippen molar-refractivity contribution in [2.24, 2.45) is 0 Å². The first-order valence-electron chi connectivity index (χ1n) is 10.3. The topological polar surface area (TPSA) is 65.0 Å². The van der Waals surface area contributed by atoms with Crippen molar-refractivity contribution in [1.82, 2.24) is 0 Å². The Kier molecular flexibility index (Phi) is 5.99. The van der Waals surface area contributed by atoms with Crippen LogP contribution in [0.3, 0.4) is 0 Å². The molecule has 0 aromatic heterocycles. The van der Waals surface area contributed by atoms with E-state index >= 15 is 0 Å². The van der Waals surface area contributed by atoms with E-state index < -0.39 is 11.9 Å². The van der Waals surface area contributed by atoms with E-state index in [4.69, 9.17) is 14.2 Å². The molecule has 4 aromatic carbocycles. The van der Waals surface area contributed by atoms with Gasteiger partial charge in [-0.2, -0.15) is 0 Å². The number of carboxylic acids is 1. The number of carbonyl (C=O) groups is 1. The van der Waals surface area contributed by atoms with Crippen molar-refractivity contribution in [1.29, 1.82) is 0 Å². The first-order valence-corrected chi connectivity index (χ1v) is 10.3. The predicted molar refractivity (Wildman–Crippen MR) is 125 cm³/mol. The van der Waals surface area contributed by atoms with Gasteiger partial charge in [0.05, 0.1) is 20.1 Å². The van der Waals surface area contributed by atoms with Crippen molar-refractivity contribution in [2.75, 3.05) is 14.2 Å². The third-order valence-corrected chi connectivity index (χ3v) is 5.55. The number of hydrogen-bond donors (Lipinski definition) is 1. The van der Waals surface area contributed by atoms with Crippen molar-refractivity contribution in [3.63, 3.8) is 0 Å². The lowest BCUT2D eigenvalue weighted by atomic mass is 9.99. The lowest BCUT2D eigenvalue weighted by molar-refractivity contribution is -0.138. The molecule has 0 aliphatic rings. The Labute approximate surface area is 186 Å². The molecular formula is C27H24O5. The summed E-state index contributed by atoms with van der Waals surface area (Å²) < 4.78 is 17.0. The molecule has 4 aromatic rings. The molecule has 0 aliphatic carbocycles. The molecule has 0 amide bonds. The summed E-state index contributed by atoms with van der Waals surface area (Å²) in [4.78, 5) is 11.3. The Morgan fingerprint density at radius 3 is 2.03 bits per heavy atom. The fourth-order valence-electron chi connectivity index (χ4n) is 3.60. The van der Waals surface area contributed by atoms with Gasteiger partial charge in [0.25, 0.3) is 0 Å². The molecule has 0 aliphatic heterocycles. The number of carboxylic acid groups (broad SMARTS) is 1. The minimum absolute atomic E-state index is 0.580. The Bertz CT molecular complexity index is 1240. The van der Waals surface area contributed by atoms with Crippen molar-refractivity contribution in [3.8, 4) is 34.1 Å². The second-order valence-electron chi connectivity index (χ2n) is 7.49. The summed E-state index contributed by atoms with van der Waals surface area (Å²) >= 11 is 0. The van der Waals surface area contributed by atoms with Crippen molar-refractivity contribution in [2.45, 2.75) is 12.8 Å². The molecule has 32 heavy (non-hydrogen) atoms. The Hall–Kier alpha value is -3.99. The molecule has 0 fully saturated rings. The maximum atomic E-state index is 11.3. The molecule has 4 rings (SSSR count). The molecule has 0 bridgehead atoms. The summed E-state index contributed by atoms with van der Waals surface area (Å²) in [7, 11) is 3.28. The van der Waals surface area contributed by atoms with Gasteiger partial charge in [0.1, 0.15) is 23.0 Å². The summed E-state index contributed by atoms with van der Waals surface area (Å²) in [5, 5.41) is 11.2. The molecule has 0 saturated heterocycles. The van der Waals surface area contributed by atoms with Crippen LogP contribution in [-0.2, 0) is 4.79 Å². The molecule has 5 heteroatoms. The average Bonchev–Trinajstić information content (AvgIpc) is 2.84. The number of benzene rings is 4. The Morgan fingerprint density at radius 2 is 1.41 bits per heavy atom.